The summed E-state index contributed by atoms with van der Waals surface area (Å²) in [5.41, 5.74) is 1.87. The largest absolute Gasteiger partial charge is 0.311 e. The van der Waals surface area contributed by atoms with E-state index in [0.29, 0.717) is 6.54 Å². The van der Waals surface area contributed by atoms with Crippen molar-refractivity contribution in [1.82, 2.24) is 35.1 Å². The number of nitrogens with one attached hydrogen (secondary N) is 1. The summed E-state index contributed by atoms with van der Waals surface area (Å²) < 4.78 is 1.71. The van der Waals surface area contributed by atoms with E-state index >= 15 is 0 Å². The monoisotopic (exact) mass is 283 g/mol. The Balaban J connectivity index is 1.49. The van der Waals surface area contributed by atoms with Crippen LogP contribution in [0.15, 0.2) is 42.9 Å². The summed E-state index contributed by atoms with van der Waals surface area (Å²) in [7, 11) is 1.87. The zero-order valence-corrected chi connectivity index (χ0v) is 11.8. The van der Waals surface area contributed by atoms with Crippen molar-refractivity contribution < 1.29 is 0 Å². The average Bonchev–Trinajstić information content (AvgIpc) is 3.14. The molecule has 0 saturated heterocycles. The summed E-state index contributed by atoms with van der Waals surface area (Å²) in [4.78, 5) is 5.82. The van der Waals surface area contributed by atoms with Crippen LogP contribution in [0.4, 0.5) is 0 Å². The second-order valence-corrected chi connectivity index (χ2v) is 4.72. The van der Waals surface area contributed by atoms with Gasteiger partial charge in [0.05, 0.1) is 17.6 Å². The highest BCUT2D eigenvalue weighted by atomic mass is 15.5. The Morgan fingerprint density at radius 3 is 2.76 bits per heavy atom. The van der Waals surface area contributed by atoms with Crippen molar-refractivity contribution in [2.75, 3.05) is 6.54 Å². The first-order valence-corrected chi connectivity index (χ1v) is 6.83. The highest BCUT2D eigenvalue weighted by Gasteiger charge is 2.03. The fourth-order valence-electron chi connectivity index (χ4n) is 1.98. The molecule has 0 spiro atoms. The Kier molecular flexibility index (Phi) is 4.02. The Labute approximate surface area is 122 Å². The van der Waals surface area contributed by atoms with Gasteiger partial charge in [0, 0.05) is 26.6 Å². The maximum Gasteiger partial charge on any atom is 0.151 e. The molecule has 0 saturated carbocycles. The predicted molar refractivity (Wildman–Crippen MR) is 77.8 cm³/mol. The molecule has 0 fully saturated rings. The van der Waals surface area contributed by atoms with Crippen LogP contribution < -0.4 is 5.32 Å². The van der Waals surface area contributed by atoms with Crippen molar-refractivity contribution >= 4 is 0 Å². The number of rotatable bonds is 6. The third-order valence-corrected chi connectivity index (χ3v) is 3.00. The topological polar surface area (TPSA) is 73.5 Å². The van der Waals surface area contributed by atoms with Gasteiger partial charge in [-0.3, -0.25) is 4.68 Å². The molecular formula is C14H17N7. The first-order chi connectivity index (χ1) is 10.3. The molecule has 0 atom stereocenters. The van der Waals surface area contributed by atoms with Crippen LogP contribution in [0.5, 0.6) is 0 Å². The third kappa shape index (κ3) is 3.51. The van der Waals surface area contributed by atoms with Gasteiger partial charge in [0.1, 0.15) is 6.33 Å². The Bertz CT molecular complexity index is 686. The van der Waals surface area contributed by atoms with Crippen LogP contribution in [0, 0.1) is 0 Å². The number of benzene rings is 1. The molecule has 7 nitrogen and oxygen atoms in total. The smallest absolute Gasteiger partial charge is 0.151 e. The first kappa shape index (κ1) is 13.4. The van der Waals surface area contributed by atoms with Crippen molar-refractivity contribution in [2.45, 2.75) is 13.0 Å². The van der Waals surface area contributed by atoms with Crippen molar-refractivity contribution in [2.24, 2.45) is 7.05 Å². The van der Waals surface area contributed by atoms with Gasteiger partial charge in [-0.05, 0) is 12.1 Å². The molecule has 0 radical (unpaired) electrons. The predicted octanol–water partition coefficient (Wildman–Crippen LogP) is 0.728. The van der Waals surface area contributed by atoms with E-state index in [4.69, 9.17) is 0 Å². The van der Waals surface area contributed by atoms with Crippen LogP contribution in [-0.2, 0) is 20.0 Å². The summed E-state index contributed by atoms with van der Waals surface area (Å²) in [6.07, 6.45) is 4.29. The molecule has 108 valence electrons. The molecule has 3 aromatic rings. The molecule has 1 aromatic carbocycles. The zero-order valence-electron chi connectivity index (χ0n) is 11.8. The van der Waals surface area contributed by atoms with Crippen molar-refractivity contribution in [3.8, 4) is 5.69 Å². The lowest BCUT2D eigenvalue weighted by Gasteiger charge is -2.00. The normalized spacial score (nSPS) is 10.9. The van der Waals surface area contributed by atoms with E-state index < -0.39 is 0 Å². The highest BCUT2D eigenvalue weighted by Crippen LogP contribution is 2.03. The summed E-state index contributed by atoms with van der Waals surface area (Å²) >= 11 is 0. The number of hydrogen-bond acceptors (Lipinski definition) is 5. The Morgan fingerprint density at radius 1 is 1.14 bits per heavy atom. The minimum Gasteiger partial charge on any atom is -0.311 e. The van der Waals surface area contributed by atoms with Crippen LogP contribution in [0.2, 0.25) is 0 Å². The Hall–Kier alpha value is -2.54. The van der Waals surface area contributed by atoms with Gasteiger partial charge in [-0.2, -0.15) is 20.1 Å². The van der Waals surface area contributed by atoms with E-state index in [9.17, 15) is 0 Å². The molecule has 0 aliphatic rings. The first-order valence-electron chi connectivity index (χ1n) is 6.83. The van der Waals surface area contributed by atoms with Crippen LogP contribution in [-0.4, -0.2) is 36.3 Å². The van der Waals surface area contributed by atoms with E-state index in [2.05, 4.69) is 25.6 Å². The minimum atomic E-state index is 0.680. The zero-order chi connectivity index (χ0) is 14.5. The molecule has 3 rings (SSSR count). The molecule has 2 aromatic heterocycles. The van der Waals surface area contributed by atoms with E-state index in [1.54, 1.807) is 22.0 Å². The van der Waals surface area contributed by atoms with E-state index in [-0.39, 0.29) is 0 Å². The highest BCUT2D eigenvalue weighted by molar-refractivity contribution is 5.28. The number of aryl methyl sites for hydroxylation is 1. The molecule has 0 unspecified atom stereocenters. The minimum absolute atomic E-state index is 0.680. The van der Waals surface area contributed by atoms with E-state index in [1.807, 2.05) is 37.4 Å². The maximum absolute atomic E-state index is 4.44. The quantitative estimate of drug-likeness (QED) is 0.675. The van der Waals surface area contributed by atoms with Gasteiger partial charge >= 0.3 is 0 Å². The van der Waals surface area contributed by atoms with Crippen LogP contribution >= 0.6 is 0 Å². The number of hydrogen-bond donors (Lipinski definition) is 1. The third-order valence-electron chi connectivity index (χ3n) is 3.00. The van der Waals surface area contributed by atoms with Gasteiger partial charge in [-0.1, -0.05) is 18.2 Å². The van der Waals surface area contributed by atoms with Gasteiger partial charge in [-0.15, -0.1) is 0 Å². The maximum atomic E-state index is 4.44. The van der Waals surface area contributed by atoms with Crippen molar-refractivity contribution in [1.29, 1.82) is 0 Å². The Morgan fingerprint density at radius 2 is 2.00 bits per heavy atom. The lowest BCUT2D eigenvalue weighted by atomic mass is 10.3. The molecule has 1 N–H and O–H groups in total. The van der Waals surface area contributed by atoms with Gasteiger partial charge < -0.3 is 5.32 Å². The molecule has 0 aliphatic heterocycles. The lowest BCUT2D eigenvalue weighted by molar-refractivity contribution is 0.643. The average molecular weight is 283 g/mol. The fraction of sp³-hybridized carbons (Fsp3) is 0.286. The molecule has 0 aliphatic carbocycles. The van der Waals surface area contributed by atoms with Crippen molar-refractivity contribution in [3.05, 3.63) is 54.4 Å². The van der Waals surface area contributed by atoms with Gasteiger partial charge in [-0.25, -0.2) is 4.98 Å². The number of nitrogens with zero attached hydrogens (tertiary/aromatic N) is 6. The van der Waals surface area contributed by atoms with Crippen LogP contribution in [0.1, 0.15) is 11.5 Å². The molecular weight excluding hydrogens is 266 g/mol. The van der Waals surface area contributed by atoms with E-state index in [1.165, 1.54) is 0 Å². The van der Waals surface area contributed by atoms with Gasteiger partial charge in [0.25, 0.3) is 0 Å². The van der Waals surface area contributed by atoms with Gasteiger partial charge in [0.15, 0.2) is 5.82 Å². The summed E-state index contributed by atoms with van der Waals surface area (Å²) in [6.45, 7) is 1.49. The number of aromatic nitrogens is 6. The van der Waals surface area contributed by atoms with Crippen LogP contribution in [0.3, 0.4) is 0 Å². The second kappa shape index (κ2) is 6.27. The number of para-hydroxylation sites is 1. The summed E-state index contributed by atoms with van der Waals surface area (Å²) in [5, 5.41) is 16.3. The molecule has 21 heavy (non-hydrogen) atoms. The molecule has 0 amide bonds. The standard InChI is InChI=1S/C14H17N7/c1-20-11-16-14(19-20)7-8-15-9-12-10-17-21(18-12)13-5-3-2-4-6-13/h2-6,10-11,15H,7-9H2,1H3. The molecule has 2 heterocycles. The molecule has 0 bridgehead atoms. The second-order valence-electron chi connectivity index (χ2n) is 4.72. The lowest BCUT2D eigenvalue weighted by Crippen LogP contribution is -2.17. The van der Waals surface area contributed by atoms with Crippen molar-refractivity contribution in [3.63, 3.8) is 0 Å². The van der Waals surface area contributed by atoms with Gasteiger partial charge in [0.2, 0.25) is 0 Å². The fourth-order valence-corrected chi connectivity index (χ4v) is 1.98. The molecule has 7 heteroatoms. The summed E-state index contributed by atoms with van der Waals surface area (Å²) in [5.74, 6) is 0.845. The SMILES string of the molecule is Cn1cnc(CCNCc2cnn(-c3ccccc3)n2)n1. The summed E-state index contributed by atoms with van der Waals surface area (Å²) in [6, 6.07) is 9.86. The van der Waals surface area contributed by atoms with E-state index in [0.717, 1.165) is 30.2 Å². The van der Waals surface area contributed by atoms with Crippen LogP contribution in [0.25, 0.3) is 5.69 Å².